The number of rotatable bonds is 1. The molecule has 0 aromatic heterocycles. The number of benzene rings is 1. The summed E-state index contributed by atoms with van der Waals surface area (Å²) in [4.78, 5) is 0. The fourth-order valence-corrected chi connectivity index (χ4v) is 1.85. The lowest BCUT2D eigenvalue weighted by Gasteiger charge is -2.09. The van der Waals surface area contributed by atoms with Gasteiger partial charge in [-0.25, -0.2) is 17.6 Å². The Morgan fingerprint density at radius 3 is 1.80 bits per heavy atom. The minimum atomic E-state index is -4.68. The van der Waals surface area contributed by atoms with Crippen molar-refractivity contribution in [2.75, 3.05) is 0 Å². The van der Waals surface area contributed by atoms with E-state index in [2.05, 4.69) is 0 Å². The van der Waals surface area contributed by atoms with Gasteiger partial charge in [-0.2, -0.15) is 13.2 Å². The van der Waals surface area contributed by atoms with Gasteiger partial charge < -0.3 is 5.11 Å². The average molecular weight is 300 g/mol. The van der Waals surface area contributed by atoms with E-state index in [-0.39, 0.29) is 0 Å². The van der Waals surface area contributed by atoms with Crippen molar-refractivity contribution in [2.24, 2.45) is 5.92 Å². The van der Waals surface area contributed by atoms with Gasteiger partial charge in [0.2, 0.25) is 0 Å². The number of aliphatic hydroxyl groups is 1. The summed E-state index contributed by atoms with van der Waals surface area (Å²) in [5.41, 5.74) is -3.16. The van der Waals surface area contributed by atoms with Gasteiger partial charge in [-0.3, -0.25) is 0 Å². The molecule has 0 heterocycles. The summed E-state index contributed by atoms with van der Waals surface area (Å²) in [6.45, 7) is 0.764. The molecular weight excluding hydrogens is 293 g/mol. The van der Waals surface area contributed by atoms with Crippen LogP contribution in [0, 0.1) is 36.1 Å². The first-order valence-electron chi connectivity index (χ1n) is 5.39. The zero-order valence-corrected chi connectivity index (χ0v) is 9.88. The molecule has 0 bridgehead atoms. The van der Waals surface area contributed by atoms with Gasteiger partial charge in [-0.05, 0) is 18.9 Å². The molecule has 1 unspecified atom stereocenters. The Labute approximate surface area is 108 Å². The molecule has 0 amide bonds. The number of hydrogen-bond acceptors (Lipinski definition) is 1. The molecule has 1 aromatic rings. The molecule has 0 aliphatic heterocycles. The van der Waals surface area contributed by atoms with Gasteiger partial charge in [-0.15, -0.1) is 0 Å². The highest BCUT2D eigenvalue weighted by Crippen LogP contribution is 2.52. The summed E-state index contributed by atoms with van der Waals surface area (Å²) in [6.07, 6.45) is -5.34. The molecule has 1 fully saturated rings. The minimum Gasteiger partial charge on any atom is -0.507 e. The first-order valence-corrected chi connectivity index (χ1v) is 5.39. The van der Waals surface area contributed by atoms with Crippen LogP contribution in [0.15, 0.2) is 5.57 Å². The quantitative estimate of drug-likeness (QED) is 0.463. The van der Waals surface area contributed by atoms with Gasteiger partial charge in [0.1, 0.15) is 5.76 Å². The molecule has 1 aliphatic carbocycles. The van der Waals surface area contributed by atoms with E-state index < -0.39 is 64.2 Å². The first-order chi connectivity index (χ1) is 9.07. The van der Waals surface area contributed by atoms with Crippen LogP contribution in [0.25, 0.3) is 5.76 Å². The number of alkyl halides is 3. The van der Waals surface area contributed by atoms with Crippen LogP contribution in [0.3, 0.4) is 0 Å². The van der Waals surface area contributed by atoms with Crippen molar-refractivity contribution in [1.82, 2.24) is 0 Å². The number of aliphatic hydroxyl groups excluding tert-OH is 1. The maximum atomic E-state index is 13.5. The summed E-state index contributed by atoms with van der Waals surface area (Å²) in [5, 5.41) is 9.46. The van der Waals surface area contributed by atoms with E-state index in [0.29, 0.717) is 0 Å². The zero-order valence-electron chi connectivity index (χ0n) is 9.88. The van der Waals surface area contributed by atoms with E-state index in [1.165, 1.54) is 0 Å². The molecule has 0 saturated heterocycles. The molecule has 1 aliphatic rings. The fourth-order valence-electron chi connectivity index (χ4n) is 1.85. The van der Waals surface area contributed by atoms with Gasteiger partial charge >= 0.3 is 6.18 Å². The second-order valence-electron chi connectivity index (χ2n) is 4.43. The summed E-state index contributed by atoms with van der Waals surface area (Å²) >= 11 is 0. The molecule has 0 radical (unpaired) electrons. The van der Waals surface area contributed by atoms with Crippen molar-refractivity contribution in [2.45, 2.75) is 19.5 Å². The van der Waals surface area contributed by atoms with Gasteiger partial charge in [0.05, 0.1) is 11.5 Å². The smallest absolute Gasteiger partial charge is 0.395 e. The zero-order chi connectivity index (χ0) is 15.4. The van der Waals surface area contributed by atoms with Crippen molar-refractivity contribution in [3.8, 4) is 0 Å². The van der Waals surface area contributed by atoms with E-state index in [1.54, 1.807) is 0 Å². The lowest BCUT2D eigenvalue weighted by molar-refractivity contribution is -0.143. The van der Waals surface area contributed by atoms with Crippen molar-refractivity contribution in [3.05, 3.63) is 40.0 Å². The van der Waals surface area contributed by atoms with Crippen LogP contribution < -0.4 is 0 Å². The summed E-state index contributed by atoms with van der Waals surface area (Å²) in [5.74, 6) is -10.8. The number of hydrogen-bond donors (Lipinski definition) is 1. The second kappa shape index (κ2) is 4.39. The Balaban J connectivity index is 2.59. The highest BCUT2D eigenvalue weighted by atomic mass is 19.4. The minimum absolute atomic E-state index is 0.661. The molecule has 1 atom stereocenters. The van der Waals surface area contributed by atoms with Gasteiger partial charge in [0.15, 0.2) is 23.3 Å². The van der Waals surface area contributed by atoms with Crippen LogP contribution in [0.1, 0.15) is 17.5 Å². The predicted octanol–water partition coefficient (Wildman–Crippen LogP) is 4.40. The summed E-state index contributed by atoms with van der Waals surface area (Å²) < 4.78 is 90.5. The first kappa shape index (κ1) is 14.7. The third-order valence-electron chi connectivity index (χ3n) is 3.10. The Morgan fingerprint density at radius 1 is 1.00 bits per heavy atom. The maximum Gasteiger partial charge on any atom is 0.395 e. The van der Waals surface area contributed by atoms with Crippen LogP contribution in [-0.4, -0.2) is 11.3 Å². The van der Waals surface area contributed by atoms with E-state index >= 15 is 0 Å². The fraction of sp³-hybridized carbons (Fsp3) is 0.333. The predicted molar refractivity (Wildman–Crippen MR) is 54.7 cm³/mol. The van der Waals surface area contributed by atoms with Crippen molar-refractivity contribution < 1.29 is 35.8 Å². The van der Waals surface area contributed by atoms with E-state index in [4.69, 9.17) is 0 Å². The van der Waals surface area contributed by atoms with Gasteiger partial charge in [0.25, 0.3) is 0 Å². The van der Waals surface area contributed by atoms with E-state index in [0.717, 1.165) is 6.92 Å². The standard InChI is InChI=1S/C12H7F7O/c1-3-7(13)9(15)6(10(16)8(3)14)11(20)4-2-5(4)12(17,18)19/h5,20H,2H2,1H3/b11-4-. The lowest BCUT2D eigenvalue weighted by Crippen LogP contribution is -2.11. The highest BCUT2D eigenvalue weighted by molar-refractivity contribution is 5.67. The average Bonchev–Trinajstić information content (AvgIpc) is 3.14. The Bertz CT molecular complexity index is 586. The molecule has 1 saturated carbocycles. The molecule has 20 heavy (non-hydrogen) atoms. The normalized spacial score (nSPS) is 21.1. The molecule has 1 nitrogen and oxygen atoms in total. The van der Waals surface area contributed by atoms with E-state index in [9.17, 15) is 35.8 Å². The Morgan fingerprint density at radius 2 is 1.45 bits per heavy atom. The lowest BCUT2D eigenvalue weighted by atomic mass is 10.1. The van der Waals surface area contributed by atoms with Crippen LogP contribution in [0.5, 0.6) is 0 Å². The van der Waals surface area contributed by atoms with Crippen LogP contribution >= 0.6 is 0 Å². The van der Waals surface area contributed by atoms with Crippen LogP contribution in [0.2, 0.25) is 0 Å². The third-order valence-corrected chi connectivity index (χ3v) is 3.10. The number of allylic oxidation sites excluding steroid dienone is 1. The molecule has 1 aromatic carbocycles. The molecule has 2 rings (SSSR count). The van der Waals surface area contributed by atoms with Gasteiger partial charge in [-0.1, -0.05) is 0 Å². The number of halogens is 7. The second-order valence-corrected chi connectivity index (χ2v) is 4.43. The van der Waals surface area contributed by atoms with Crippen molar-refractivity contribution in [3.63, 3.8) is 0 Å². The Kier molecular flexibility index (Phi) is 3.22. The SMILES string of the molecule is Cc1c(F)c(F)c(/C(O)=C2\CC2C(F)(F)F)c(F)c1F. The summed E-state index contributed by atoms with van der Waals surface area (Å²) in [7, 11) is 0. The monoisotopic (exact) mass is 300 g/mol. The third kappa shape index (κ3) is 2.12. The largest absolute Gasteiger partial charge is 0.507 e. The van der Waals surface area contributed by atoms with Crippen molar-refractivity contribution in [1.29, 1.82) is 0 Å². The molecule has 110 valence electrons. The molecular formula is C12H7F7O. The molecule has 8 heteroatoms. The Hall–Kier alpha value is -1.73. The highest BCUT2D eigenvalue weighted by Gasteiger charge is 2.54. The maximum absolute atomic E-state index is 13.5. The molecule has 0 spiro atoms. The van der Waals surface area contributed by atoms with Crippen molar-refractivity contribution >= 4 is 5.76 Å². The van der Waals surface area contributed by atoms with Crippen LogP contribution in [0.4, 0.5) is 30.7 Å². The topological polar surface area (TPSA) is 20.2 Å². The van der Waals surface area contributed by atoms with E-state index in [1.807, 2.05) is 0 Å². The van der Waals surface area contributed by atoms with Crippen LogP contribution in [-0.2, 0) is 0 Å². The van der Waals surface area contributed by atoms with Gasteiger partial charge in [0, 0.05) is 5.56 Å². The summed E-state index contributed by atoms with van der Waals surface area (Å²) in [6, 6.07) is 0. The molecule has 1 N–H and O–H groups in total.